The number of hydrogen-bond acceptors (Lipinski definition) is 1. The quantitative estimate of drug-likeness (QED) is 0.668. The van der Waals surface area contributed by atoms with Crippen molar-refractivity contribution in [2.75, 3.05) is 13.1 Å². The van der Waals surface area contributed by atoms with Crippen LogP contribution >= 0.6 is 0 Å². The Balaban J connectivity index is 2.16. The number of nitrogens with zero attached hydrogens (tertiary/aromatic N) is 1. The van der Waals surface area contributed by atoms with Crippen molar-refractivity contribution in [2.45, 2.75) is 18.9 Å². The molecule has 1 aliphatic heterocycles. The van der Waals surface area contributed by atoms with Crippen molar-refractivity contribution < 1.29 is 4.39 Å². The Morgan fingerprint density at radius 2 is 2.13 bits per heavy atom. The van der Waals surface area contributed by atoms with E-state index >= 15 is 0 Å². The van der Waals surface area contributed by atoms with Gasteiger partial charge in [0.25, 0.3) is 0 Å². The maximum absolute atomic E-state index is 12.8. The zero-order chi connectivity index (χ0) is 10.7. The molecule has 0 amide bonds. The standard InChI is InChI=1S/C13H14FN/c1-2-9-15-10-3-4-13(15)11-5-7-12(14)8-6-11/h1,5-8,13H,3-4,9-10H2. The van der Waals surface area contributed by atoms with Crippen LogP contribution < -0.4 is 0 Å². The van der Waals surface area contributed by atoms with Crippen LogP contribution in [0.1, 0.15) is 24.4 Å². The Bertz CT molecular complexity index is 363. The van der Waals surface area contributed by atoms with Crippen LogP contribution in [0.25, 0.3) is 0 Å². The maximum atomic E-state index is 12.8. The Morgan fingerprint density at radius 3 is 2.80 bits per heavy atom. The summed E-state index contributed by atoms with van der Waals surface area (Å²) in [5.74, 6) is 2.49. The summed E-state index contributed by atoms with van der Waals surface area (Å²) >= 11 is 0. The summed E-state index contributed by atoms with van der Waals surface area (Å²) in [6.07, 6.45) is 7.61. The zero-order valence-corrected chi connectivity index (χ0v) is 8.62. The number of halogens is 1. The molecule has 2 heteroatoms. The number of benzene rings is 1. The van der Waals surface area contributed by atoms with Gasteiger partial charge in [0, 0.05) is 6.04 Å². The third-order valence-electron chi connectivity index (χ3n) is 2.91. The van der Waals surface area contributed by atoms with Gasteiger partial charge in [0.2, 0.25) is 0 Å². The molecule has 0 aromatic heterocycles. The Kier molecular flexibility index (Phi) is 3.03. The van der Waals surface area contributed by atoms with Crippen LogP contribution in [-0.2, 0) is 0 Å². The highest BCUT2D eigenvalue weighted by Gasteiger charge is 2.24. The fraction of sp³-hybridized carbons (Fsp3) is 0.385. The minimum absolute atomic E-state index is 0.180. The third-order valence-corrected chi connectivity index (χ3v) is 2.91. The molecular weight excluding hydrogens is 189 g/mol. The molecule has 1 unspecified atom stereocenters. The second kappa shape index (κ2) is 4.46. The second-order valence-electron chi connectivity index (χ2n) is 3.88. The van der Waals surface area contributed by atoms with Crippen molar-refractivity contribution in [3.8, 4) is 12.3 Å². The third kappa shape index (κ3) is 2.19. The first-order chi connectivity index (χ1) is 7.31. The molecule has 0 aliphatic carbocycles. The van der Waals surface area contributed by atoms with Crippen molar-refractivity contribution in [1.82, 2.24) is 4.90 Å². The largest absolute Gasteiger partial charge is 0.285 e. The van der Waals surface area contributed by atoms with Crippen LogP contribution in [0.3, 0.4) is 0 Å². The van der Waals surface area contributed by atoms with Crippen molar-refractivity contribution in [3.05, 3.63) is 35.6 Å². The monoisotopic (exact) mass is 203 g/mol. The van der Waals surface area contributed by atoms with Crippen molar-refractivity contribution in [1.29, 1.82) is 0 Å². The Hall–Kier alpha value is -1.33. The minimum atomic E-state index is -0.180. The number of hydrogen-bond donors (Lipinski definition) is 0. The smallest absolute Gasteiger partial charge is 0.123 e. The Labute approximate surface area is 89.9 Å². The lowest BCUT2D eigenvalue weighted by Gasteiger charge is -2.22. The summed E-state index contributed by atoms with van der Waals surface area (Å²) in [4.78, 5) is 2.27. The van der Waals surface area contributed by atoms with Crippen LogP contribution in [0.15, 0.2) is 24.3 Å². The molecule has 1 heterocycles. The summed E-state index contributed by atoms with van der Waals surface area (Å²) in [6.45, 7) is 1.73. The highest BCUT2D eigenvalue weighted by Crippen LogP contribution is 2.31. The SMILES string of the molecule is C#CCN1CCCC1c1ccc(F)cc1. The fourth-order valence-corrected chi connectivity index (χ4v) is 2.20. The summed E-state index contributed by atoms with van der Waals surface area (Å²) < 4.78 is 12.8. The topological polar surface area (TPSA) is 3.24 Å². The molecule has 1 fully saturated rings. The van der Waals surface area contributed by atoms with E-state index in [9.17, 15) is 4.39 Å². The van der Waals surface area contributed by atoms with E-state index < -0.39 is 0 Å². The summed E-state index contributed by atoms with van der Waals surface area (Å²) in [7, 11) is 0. The van der Waals surface area contributed by atoms with Gasteiger partial charge in [0.05, 0.1) is 6.54 Å². The van der Waals surface area contributed by atoms with E-state index in [0.717, 1.165) is 13.0 Å². The van der Waals surface area contributed by atoms with Crippen LogP contribution in [-0.4, -0.2) is 18.0 Å². The van der Waals surface area contributed by atoms with Crippen molar-refractivity contribution in [2.24, 2.45) is 0 Å². The highest BCUT2D eigenvalue weighted by molar-refractivity contribution is 5.21. The molecule has 1 aliphatic rings. The van der Waals surface area contributed by atoms with Crippen LogP contribution in [0.5, 0.6) is 0 Å². The lowest BCUT2D eigenvalue weighted by molar-refractivity contribution is 0.290. The predicted molar refractivity (Wildman–Crippen MR) is 58.8 cm³/mol. The molecule has 78 valence electrons. The lowest BCUT2D eigenvalue weighted by atomic mass is 10.0. The van der Waals surface area contributed by atoms with E-state index in [2.05, 4.69) is 10.8 Å². The van der Waals surface area contributed by atoms with Gasteiger partial charge >= 0.3 is 0 Å². The van der Waals surface area contributed by atoms with Crippen molar-refractivity contribution in [3.63, 3.8) is 0 Å². The predicted octanol–water partition coefficient (Wildman–Crippen LogP) is 2.60. The van der Waals surface area contributed by atoms with Crippen LogP contribution in [0.4, 0.5) is 4.39 Å². The Morgan fingerprint density at radius 1 is 1.40 bits per heavy atom. The molecule has 1 nitrogen and oxygen atoms in total. The van der Waals surface area contributed by atoms with Gasteiger partial charge in [-0.15, -0.1) is 6.42 Å². The minimum Gasteiger partial charge on any atom is -0.285 e. The van der Waals surface area contributed by atoms with Crippen LogP contribution in [0.2, 0.25) is 0 Å². The van der Waals surface area contributed by atoms with E-state index in [0.29, 0.717) is 12.6 Å². The average molecular weight is 203 g/mol. The zero-order valence-electron chi connectivity index (χ0n) is 8.62. The molecular formula is C13H14FN. The number of rotatable bonds is 2. The van der Waals surface area contributed by atoms with Gasteiger partial charge in [-0.3, -0.25) is 4.90 Å². The maximum Gasteiger partial charge on any atom is 0.123 e. The molecule has 2 rings (SSSR count). The van der Waals surface area contributed by atoms with E-state index in [-0.39, 0.29) is 5.82 Å². The number of likely N-dealkylation sites (tertiary alicyclic amines) is 1. The molecule has 0 saturated carbocycles. The van der Waals surface area contributed by atoms with E-state index in [1.54, 1.807) is 0 Å². The molecule has 1 aromatic carbocycles. The van der Waals surface area contributed by atoms with E-state index in [4.69, 9.17) is 6.42 Å². The number of terminal acetylenes is 1. The molecule has 1 aromatic rings. The van der Waals surface area contributed by atoms with E-state index in [1.165, 1.54) is 24.1 Å². The van der Waals surface area contributed by atoms with E-state index in [1.807, 2.05) is 12.1 Å². The van der Waals surface area contributed by atoms with Crippen molar-refractivity contribution >= 4 is 0 Å². The van der Waals surface area contributed by atoms with Gasteiger partial charge in [0.15, 0.2) is 0 Å². The summed E-state index contributed by atoms with van der Waals surface area (Å²) in [5, 5.41) is 0. The van der Waals surface area contributed by atoms with Gasteiger partial charge in [-0.05, 0) is 37.1 Å². The molecule has 1 saturated heterocycles. The normalized spacial score (nSPS) is 21.5. The van der Waals surface area contributed by atoms with Gasteiger partial charge in [-0.1, -0.05) is 18.1 Å². The van der Waals surface area contributed by atoms with Crippen LogP contribution in [0, 0.1) is 18.2 Å². The molecule has 15 heavy (non-hydrogen) atoms. The molecule has 1 atom stereocenters. The average Bonchev–Trinajstić information content (AvgIpc) is 2.68. The van der Waals surface area contributed by atoms with Gasteiger partial charge in [0.1, 0.15) is 5.82 Å². The molecule has 0 bridgehead atoms. The fourth-order valence-electron chi connectivity index (χ4n) is 2.20. The first-order valence-corrected chi connectivity index (χ1v) is 5.24. The molecule has 0 spiro atoms. The first kappa shape index (κ1) is 10.2. The van der Waals surface area contributed by atoms with Gasteiger partial charge in [-0.2, -0.15) is 0 Å². The summed E-state index contributed by atoms with van der Waals surface area (Å²) in [6, 6.07) is 7.12. The first-order valence-electron chi connectivity index (χ1n) is 5.24. The van der Waals surface area contributed by atoms with Gasteiger partial charge < -0.3 is 0 Å². The molecule has 0 N–H and O–H groups in total. The lowest BCUT2D eigenvalue weighted by Crippen LogP contribution is -2.23. The second-order valence-corrected chi connectivity index (χ2v) is 3.88. The highest BCUT2D eigenvalue weighted by atomic mass is 19.1. The molecule has 0 radical (unpaired) electrons. The van der Waals surface area contributed by atoms with Gasteiger partial charge in [-0.25, -0.2) is 4.39 Å². The summed E-state index contributed by atoms with van der Waals surface area (Å²) in [5.41, 5.74) is 1.17.